The van der Waals surface area contributed by atoms with Crippen LogP contribution in [0.4, 0.5) is 0 Å². The van der Waals surface area contributed by atoms with Crippen LogP contribution in [0.5, 0.6) is 0 Å². The van der Waals surface area contributed by atoms with Crippen molar-refractivity contribution in [3.05, 3.63) is 76.7 Å². The van der Waals surface area contributed by atoms with Crippen LogP contribution in [-0.2, 0) is 22.4 Å². The first-order valence-corrected chi connectivity index (χ1v) is 10.6. The maximum Gasteiger partial charge on any atom is 0.342 e. The standard InChI is InChI=1S/C24H26N4O3/c1-16(19-11-10-18-7-3-4-8-20(18)13-19)27-23(29)15-31-24(30)21-14-26-28(17(21)2)22-9-5-6-12-25-22/h5-6,9-14,16H,3-4,7-8,15H2,1-2H3,(H,27,29). The fraction of sp³-hybridized carbons (Fsp3) is 0.333. The first kappa shape index (κ1) is 20.8. The van der Waals surface area contributed by atoms with E-state index >= 15 is 0 Å². The Bertz CT molecular complexity index is 1090. The second-order valence-electron chi connectivity index (χ2n) is 7.84. The van der Waals surface area contributed by atoms with Crippen molar-refractivity contribution < 1.29 is 14.3 Å². The van der Waals surface area contributed by atoms with Crippen molar-refractivity contribution in [3.63, 3.8) is 0 Å². The SMILES string of the molecule is Cc1c(C(=O)OCC(=O)NC(C)c2ccc3c(c2)CCCC3)cnn1-c1ccccn1. The molecule has 0 radical (unpaired) electrons. The Morgan fingerprint density at radius 2 is 1.97 bits per heavy atom. The molecule has 7 nitrogen and oxygen atoms in total. The molecule has 1 amide bonds. The molecule has 0 saturated heterocycles. The van der Waals surface area contributed by atoms with E-state index in [1.165, 1.54) is 30.2 Å². The number of nitrogens with zero attached hydrogens (tertiary/aromatic N) is 3. The van der Waals surface area contributed by atoms with Gasteiger partial charge in [-0.25, -0.2) is 14.5 Å². The van der Waals surface area contributed by atoms with E-state index in [4.69, 9.17) is 4.74 Å². The highest BCUT2D eigenvalue weighted by atomic mass is 16.5. The van der Waals surface area contributed by atoms with E-state index in [-0.39, 0.29) is 18.6 Å². The highest BCUT2D eigenvalue weighted by Gasteiger charge is 2.19. The zero-order chi connectivity index (χ0) is 21.8. The van der Waals surface area contributed by atoms with Crippen LogP contribution in [0.3, 0.4) is 0 Å². The average Bonchev–Trinajstić information content (AvgIpc) is 3.19. The number of carbonyl (C=O) groups excluding carboxylic acids is 2. The lowest BCUT2D eigenvalue weighted by atomic mass is 9.89. The van der Waals surface area contributed by atoms with Crippen molar-refractivity contribution in [2.24, 2.45) is 0 Å². The lowest BCUT2D eigenvalue weighted by Crippen LogP contribution is -2.31. The highest BCUT2D eigenvalue weighted by Crippen LogP contribution is 2.24. The van der Waals surface area contributed by atoms with Gasteiger partial charge in [-0.2, -0.15) is 5.10 Å². The minimum atomic E-state index is -0.587. The Kier molecular flexibility index (Phi) is 6.11. The van der Waals surface area contributed by atoms with Crippen LogP contribution in [0.1, 0.15) is 58.5 Å². The zero-order valence-corrected chi connectivity index (χ0v) is 17.8. The van der Waals surface area contributed by atoms with E-state index in [1.807, 2.05) is 13.0 Å². The predicted octanol–water partition coefficient (Wildman–Crippen LogP) is 3.49. The third-order valence-corrected chi connectivity index (χ3v) is 5.68. The molecule has 1 N–H and O–H groups in total. The molecule has 31 heavy (non-hydrogen) atoms. The van der Waals surface area contributed by atoms with E-state index in [9.17, 15) is 9.59 Å². The van der Waals surface area contributed by atoms with Crippen molar-refractivity contribution in [3.8, 4) is 5.82 Å². The minimum Gasteiger partial charge on any atom is -0.452 e. The molecule has 1 aromatic carbocycles. The van der Waals surface area contributed by atoms with Crippen molar-refractivity contribution in [1.29, 1.82) is 0 Å². The topological polar surface area (TPSA) is 86.1 Å². The number of fused-ring (bicyclic) bond motifs is 1. The van der Waals surface area contributed by atoms with Gasteiger partial charge >= 0.3 is 5.97 Å². The number of pyridine rings is 1. The Balaban J connectivity index is 1.34. The van der Waals surface area contributed by atoms with Gasteiger partial charge in [0.25, 0.3) is 5.91 Å². The normalized spacial score (nSPS) is 13.9. The molecule has 1 aliphatic carbocycles. The molecule has 4 rings (SSSR count). The second kappa shape index (κ2) is 9.12. The van der Waals surface area contributed by atoms with Gasteiger partial charge < -0.3 is 10.1 Å². The lowest BCUT2D eigenvalue weighted by molar-refractivity contribution is -0.124. The van der Waals surface area contributed by atoms with E-state index < -0.39 is 5.97 Å². The van der Waals surface area contributed by atoms with Crippen molar-refractivity contribution in [2.45, 2.75) is 45.6 Å². The molecule has 0 fully saturated rings. The number of aryl methyl sites for hydroxylation is 2. The molecule has 3 aromatic rings. The summed E-state index contributed by atoms with van der Waals surface area (Å²) in [6, 6.07) is 11.7. The predicted molar refractivity (Wildman–Crippen MR) is 116 cm³/mol. The Morgan fingerprint density at radius 1 is 1.16 bits per heavy atom. The number of aromatic nitrogens is 3. The molecule has 0 bridgehead atoms. The number of hydrogen-bond acceptors (Lipinski definition) is 5. The van der Waals surface area contributed by atoms with Crippen molar-refractivity contribution in [1.82, 2.24) is 20.1 Å². The number of benzene rings is 1. The number of hydrogen-bond donors (Lipinski definition) is 1. The number of rotatable bonds is 6. The van der Waals surface area contributed by atoms with Gasteiger partial charge in [0.1, 0.15) is 5.56 Å². The first-order valence-electron chi connectivity index (χ1n) is 10.6. The minimum absolute atomic E-state index is 0.160. The summed E-state index contributed by atoms with van der Waals surface area (Å²) in [4.78, 5) is 29.0. The van der Waals surface area contributed by atoms with Gasteiger partial charge in [0.05, 0.1) is 17.9 Å². The van der Waals surface area contributed by atoms with Crippen LogP contribution < -0.4 is 5.32 Å². The molecule has 0 aliphatic heterocycles. The van der Waals surface area contributed by atoms with Crippen LogP contribution in [0.2, 0.25) is 0 Å². The van der Waals surface area contributed by atoms with Crippen molar-refractivity contribution in [2.75, 3.05) is 6.61 Å². The molecular formula is C24H26N4O3. The summed E-state index contributed by atoms with van der Waals surface area (Å²) in [5.41, 5.74) is 4.75. The molecule has 2 aromatic heterocycles. The van der Waals surface area contributed by atoms with Gasteiger partial charge in [0.2, 0.25) is 0 Å². The molecular weight excluding hydrogens is 392 g/mol. The van der Waals surface area contributed by atoms with Crippen LogP contribution in [0.15, 0.2) is 48.8 Å². The molecule has 160 valence electrons. The van der Waals surface area contributed by atoms with Crippen LogP contribution in [0.25, 0.3) is 5.82 Å². The maximum atomic E-state index is 12.5. The summed E-state index contributed by atoms with van der Waals surface area (Å²) >= 11 is 0. The van der Waals surface area contributed by atoms with Gasteiger partial charge in [0.15, 0.2) is 12.4 Å². The monoisotopic (exact) mass is 418 g/mol. The van der Waals surface area contributed by atoms with E-state index in [0.717, 1.165) is 18.4 Å². The molecule has 0 saturated carbocycles. The highest BCUT2D eigenvalue weighted by molar-refractivity contribution is 5.92. The Morgan fingerprint density at radius 3 is 2.74 bits per heavy atom. The first-order chi connectivity index (χ1) is 15.0. The summed E-state index contributed by atoms with van der Waals surface area (Å²) < 4.78 is 6.79. The fourth-order valence-corrected chi connectivity index (χ4v) is 3.92. The summed E-state index contributed by atoms with van der Waals surface area (Å²) in [6.45, 7) is 3.35. The number of esters is 1. The number of nitrogens with one attached hydrogen (secondary N) is 1. The Hall–Kier alpha value is -3.48. The van der Waals surface area contributed by atoms with Crippen LogP contribution in [-0.4, -0.2) is 33.2 Å². The molecule has 2 heterocycles. The van der Waals surface area contributed by atoms with Crippen LogP contribution >= 0.6 is 0 Å². The average molecular weight is 418 g/mol. The van der Waals surface area contributed by atoms with Gasteiger partial charge in [-0.15, -0.1) is 0 Å². The number of ether oxygens (including phenoxy) is 1. The summed E-state index contributed by atoms with van der Waals surface area (Å²) in [5, 5.41) is 7.12. The third-order valence-electron chi connectivity index (χ3n) is 5.68. The van der Waals surface area contributed by atoms with E-state index in [2.05, 4.69) is 33.6 Å². The molecule has 0 spiro atoms. The zero-order valence-electron chi connectivity index (χ0n) is 17.8. The maximum absolute atomic E-state index is 12.5. The summed E-state index contributed by atoms with van der Waals surface area (Å²) in [6.07, 6.45) is 7.76. The second-order valence-corrected chi connectivity index (χ2v) is 7.84. The van der Waals surface area contributed by atoms with E-state index in [1.54, 1.807) is 29.9 Å². The molecule has 1 unspecified atom stereocenters. The summed E-state index contributed by atoms with van der Waals surface area (Å²) in [5.74, 6) is -0.319. The smallest absolute Gasteiger partial charge is 0.342 e. The van der Waals surface area contributed by atoms with E-state index in [0.29, 0.717) is 17.1 Å². The fourth-order valence-electron chi connectivity index (χ4n) is 3.92. The third kappa shape index (κ3) is 4.66. The van der Waals surface area contributed by atoms with Gasteiger partial charge in [-0.3, -0.25) is 4.79 Å². The molecule has 1 aliphatic rings. The number of amides is 1. The van der Waals surface area contributed by atoms with Gasteiger partial charge in [-0.05, 0) is 68.4 Å². The molecule has 7 heteroatoms. The van der Waals surface area contributed by atoms with Gasteiger partial charge in [0, 0.05) is 6.20 Å². The largest absolute Gasteiger partial charge is 0.452 e. The molecule has 1 atom stereocenters. The number of carbonyl (C=O) groups is 2. The van der Waals surface area contributed by atoms with Crippen LogP contribution in [0, 0.1) is 6.92 Å². The Labute approximate surface area is 181 Å². The van der Waals surface area contributed by atoms with Gasteiger partial charge in [-0.1, -0.05) is 24.3 Å². The summed E-state index contributed by atoms with van der Waals surface area (Å²) in [7, 11) is 0. The quantitative estimate of drug-likeness (QED) is 0.620. The van der Waals surface area contributed by atoms with Crippen molar-refractivity contribution >= 4 is 11.9 Å². The lowest BCUT2D eigenvalue weighted by Gasteiger charge is -2.20.